The van der Waals surface area contributed by atoms with E-state index < -0.39 is 6.04 Å². The molecule has 0 aliphatic carbocycles. The number of anilines is 1. The number of hydrogen-bond acceptors (Lipinski definition) is 4. The van der Waals surface area contributed by atoms with E-state index in [1.54, 1.807) is 7.11 Å². The SMILES string of the molecule is COC(=O)C(Nc1ccccc1C)c1ccccc1OC. The standard InChI is InChI=1S/C17H19NO3/c1-12-8-4-6-10-14(12)18-16(17(19)21-3)13-9-5-7-11-15(13)20-2/h4-11,16,18H,1-3H3. The second kappa shape index (κ2) is 6.79. The number of methoxy groups -OCH3 is 2. The minimum absolute atomic E-state index is 0.359. The quantitative estimate of drug-likeness (QED) is 0.856. The Kier molecular flexibility index (Phi) is 4.82. The van der Waals surface area contributed by atoms with Crippen molar-refractivity contribution in [1.29, 1.82) is 0 Å². The van der Waals surface area contributed by atoms with Crippen molar-refractivity contribution in [3.63, 3.8) is 0 Å². The second-order valence-corrected chi connectivity index (χ2v) is 4.66. The Morgan fingerprint density at radius 1 is 1.05 bits per heavy atom. The van der Waals surface area contributed by atoms with E-state index in [4.69, 9.17) is 9.47 Å². The summed E-state index contributed by atoms with van der Waals surface area (Å²) in [6, 6.07) is 14.6. The molecular weight excluding hydrogens is 266 g/mol. The van der Waals surface area contributed by atoms with Crippen molar-refractivity contribution in [2.24, 2.45) is 0 Å². The normalized spacial score (nSPS) is 11.6. The van der Waals surface area contributed by atoms with Crippen molar-refractivity contribution < 1.29 is 14.3 Å². The number of para-hydroxylation sites is 2. The third-order valence-corrected chi connectivity index (χ3v) is 3.33. The maximum absolute atomic E-state index is 12.2. The molecule has 0 radical (unpaired) electrons. The summed E-state index contributed by atoms with van der Waals surface area (Å²) in [6.45, 7) is 1.99. The second-order valence-electron chi connectivity index (χ2n) is 4.66. The number of rotatable bonds is 5. The van der Waals surface area contributed by atoms with E-state index in [-0.39, 0.29) is 5.97 Å². The van der Waals surface area contributed by atoms with Crippen LogP contribution in [0.4, 0.5) is 5.69 Å². The molecule has 0 spiro atoms. The number of benzene rings is 2. The summed E-state index contributed by atoms with van der Waals surface area (Å²) in [7, 11) is 2.96. The Hall–Kier alpha value is -2.49. The zero-order valence-electron chi connectivity index (χ0n) is 12.4. The smallest absolute Gasteiger partial charge is 0.333 e. The first-order chi connectivity index (χ1) is 10.2. The van der Waals surface area contributed by atoms with E-state index in [2.05, 4.69) is 5.32 Å². The molecule has 1 atom stereocenters. The zero-order valence-corrected chi connectivity index (χ0v) is 12.4. The van der Waals surface area contributed by atoms with Crippen molar-refractivity contribution >= 4 is 11.7 Å². The molecule has 2 aromatic rings. The van der Waals surface area contributed by atoms with E-state index in [1.807, 2.05) is 55.5 Å². The Labute approximate surface area is 124 Å². The van der Waals surface area contributed by atoms with Crippen LogP contribution in [0.2, 0.25) is 0 Å². The number of aryl methyl sites for hydroxylation is 1. The highest BCUT2D eigenvalue weighted by Gasteiger charge is 2.24. The fraction of sp³-hybridized carbons (Fsp3) is 0.235. The van der Waals surface area contributed by atoms with Crippen LogP contribution in [0.3, 0.4) is 0 Å². The average molecular weight is 285 g/mol. The van der Waals surface area contributed by atoms with Crippen LogP contribution in [0.15, 0.2) is 48.5 Å². The van der Waals surface area contributed by atoms with Crippen molar-refractivity contribution in [1.82, 2.24) is 0 Å². The van der Waals surface area contributed by atoms with Gasteiger partial charge in [0.2, 0.25) is 0 Å². The molecule has 1 N–H and O–H groups in total. The summed E-state index contributed by atoms with van der Waals surface area (Å²) in [5.74, 6) is 0.289. The van der Waals surface area contributed by atoms with Gasteiger partial charge in [-0.1, -0.05) is 36.4 Å². The van der Waals surface area contributed by atoms with Crippen LogP contribution >= 0.6 is 0 Å². The number of carbonyl (C=O) groups is 1. The van der Waals surface area contributed by atoms with Crippen LogP contribution < -0.4 is 10.1 Å². The molecule has 110 valence electrons. The van der Waals surface area contributed by atoms with Crippen LogP contribution in [0.25, 0.3) is 0 Å². The molecule has 21 heavy (non-hydrogen) atoms. The van der Waals surface area contributed by atoms with Gasteiger partial charge >= 0.3 is 5.97 Å². The minimum Gasteiger partial charge on any atom is -0.496 e. The molecule has 4 heteroatoms. The number of ether oxygens (including phenoxy) is 2. The van der Waals surface area contributed by atoms with Crippen LogP contribution in [-0.2, 0) is 9.53 Å². The molecule has 0 aromatic heterocycles. The lowest BCUT2D eigenvalue weighted by molar-refractivity contribution is -0.141. The monoisotopic (exact) mass is 285 g/mol. The molecular formula is C17H19NO3. The van der Waals surface area contributed by atoms with E-state index in [1.165, 1.54) is 7.11 Å². The maximum atomic E-state index is 12.2. The fourth-order valence-electron chi connectivity index (χ4n) is 2.18. The first-order valence-electron chi connectivity index (χ1n) is 6.70. The van der Waals surface area contributed by atoms with Crippen LogP contribution in [0, 0.1) is 6.92 Å². The van der Waals surface area contributed by atoms with Gasteiger partial charge < -0.3 is 14.8 Å². The number of nitrogens with one attached hydrogen (secondary N) is 1. The lowest BCUT2D eigenvalue weighted by atomic mass is 10.0. The predicted octanol–water partition coefficient (Wildman–Crippen LogP) is 3.33. The summed E-state index contributed by atoms with van der Waals surface area (Å²) in [5, 5.41) is 3.23. The molecule has 0 aliphatic rings. The van der Waals surface area contributed by atoms with Gasteiger partial charge in [-0.25, -0.2) is 4.79 Å². The highest BCUT2D eigenvalue weighted by molar-refractivity contribution is 5.82. The molecule has 0 amide bonds. The number of esters is 1. The number of carbonyl (C=O) groups excluding carboxylic acids is 1. The topological polar surface area (TPSA) is 47.6 Å². The molecule has 2 rings (SSSR count). The molecule has 0 saturated carbocycles. The summed E-state index contributed by atoms with van der Waals surface area (Å²) < 4.78 is 10.3. The first-order valence-corrected chi connectivity index (χ1v) is 6.70. The van der Waals surface area contributed by atoms with Gasteiger partial charge in [-0.05, 0) is 24.6 Å². The molecule has 0 bridgehead atoms. The Morgan fingerprint density at radius 2 is 1.71 bits per heavy atom. The molecule has 0 aliphatic heterocycles. The fourth-order valence-corrected chi connectivity index (χ4v) is 2.18. The summed E-state index contributed by atoms with van der Waals surface area (Å²) >= 11 is 0. The average Bonchev–Trinajstić information content (AvgIpc) is 2.53. The molecule has 1 unspecified atom stereocenters. The molecule has 2 aromatic carbocycles. The van der Waals surface area contributed by atoms with E-state index >= 15 is 0 Å². The van der Waals surface area contributed by atoms with Gasteiger partial charge in [-0.3, -0.25) is 0 Å². The van der Waals surface area contributed by atoms with Crippen LogP contribution in [-0.4, -0.2) is 20.2 Å². The highest BCUT2D eigenvalue weighted by atomic mass is 16.5. The Balaban J connectivity index is 2.40. The lowest BCUT2D eigenvalue weighted by Gasteiger charge is -2.21. The van der Waals surface area contributed by atoms with Crippen molar-refractivity contribution in [2.75, 3.05) is 19.5 Å². The minimum atomic E-state index is -0.618. The van der Waals surface area contributed by atoms with E-state index in [0.29, 0.717) is 5.75 Å². The van der Waals surface area contributed by atoms with E-state index in [0.717, 1.165) is 16.8 Å². The van der Waals surface area contributed by atoms with Gasteiger partial charge in [-0.2, -0.15) is 0 Å². The van der Waals surface area contributed by atoms with Gasteiger partial charge in [-0.15, -0.1) is 0 Å². The lowest BCUT2D eigenvalue weighted by Crippen LogP contribution is -2.23. The van der Waals surface area contributed by atoms with Crippen molar-refractivity contribution in [3.8, 4) is 5.75 Å². The van der Waals surface area contributed by atoms with Crippen molar-refractivity contribution in [3.05, 3.63) is 59.7 Å². The highest BCUT2D eigenvalue weighted by Crippen LogP contribution is 2.29. The molecule has 4 nitrogen and oxygen atoms in total. The molecule has 0 heterocycles. The summed E-state index contributed by atoms with van der Waals surface area (Å²) in [5.41, 5.74) is 2.69. The Morgan fingerprint density at radius 3 is 2.38 bits per heavy atom. The third kappa shape index (κ3) is 3.34. The summed E-state index contributed by atoms with van der Waals surface area (Å²) in [6.07, 6.45) is 0. The van der Waals surface area contributed by atoms with Crippen LogP contribution in [0.1, 0.15) is 17.2 Å². The first kappa shape index (κ1) is 14.9. The summed E-state index contributed by atoms with van der Waals surface area (Å²) in [4.78, 5) is 12.2. The van der Waals surface area contributed by atoms with Gasteiger partial charge in [0.25, 0.3) is 0 Å². The zero-order chi connectivity index (χ0) is 15.2. The van der Waals surface area contributed by atoms with Crippen LogP contribution in [0.5, 0.6) is 5.75 Å². The van der Waals surface area contributed by atoms with E-state index in [9.17, 15) is 4.79 Å². The predicted molar refractivity (Wildman–Crippen MR) is 82.6 cm³/mol. The molecule has 0 fully saturated rings. The van der Waals surface area contributed by atoms with Gasteiger partial charge in [0.1, 0.15) is 5.75 Å². The Bertz CT molecular complexity index is 625. The third-order valence-electron chi connectivity index (χ3n) is 3.33. The molecule has 0 saturated heterocycles. The maximum Gasteiger partial charge on any atom is 0.333 e. The van der Waals surface area contributed by atoms with Gasteiger partial charge in [0, 0.05) is 11.3 Å². The largest absolute Gasteiger partial charge is 0.496 e. The van der Waals surface area contributed by atoms with Gasteiger partial charge in [0.15, 0.2) is 6.04 Å². The number of hydrogen-bond donors (Lipinski definition) is 1. The van der Waals surface area contributed by atoms with Crippen molar-refractivity contribution in [2.45, 2.75) is 13.0 Å². The van der Waals surface area contributed by atoms with Gasteiger partial charge in [0.05, 0.1) is 14.2 Å².